The molecule has 0 saturated carbocycles. The van der Waals surface area contributed by atoms with Crippen LogP contribution in [0.1, 0.15) is 18.0 Å². The minimum Gasteiger partial charge on any atom is -0.504 e. The second kappa shape index (κ2) is 5.47. The van der Waals surface area contributed by atoms with Crippen LogP contribution in [0.3, 0.4) is 0 Å². The van der Waals surface area contributed by atoms with E-state index >= 15 is 0 Å². The van der Waals surface area contributed by atoms with Crippen LogP contribution in [0.15, 0.2) is 16.6 Å². The molecule has 1 heterocycles. The third kappa shape index (κ3) is 2.35. The highest BCUT2D eigenvalue weighted by molar-refractivity contribution is 9.10. The molecular weight excluding hydrogens is 296 g/mol. The molecule has 1 aromatic rings. The Morgan fingerprint density at radius 2 is 2.28 bits per heavy atom. The van der Waals surface area contributed by atoms with Crippen molar-refractivity contribution in [1.29, 1.82) is 0 Å². The number of ether oxygens (including phenoxy) is 1. The summed E-state index contributed by atoms with van der Waals surface area (Å²) in [4.78, 5) is 2.26. The molecular formula is C13H19BrN2O2. The number of rotatable bonds is 3. The molecule has 1 aliphatic heterocycles. The van der Waals surface area contributed by atoms with Gasteiger partial charge in [-0.3, -0.25) is 4.90 Å². The van der Waals surface area contributed by atoms with Crippen LogP contribution in [0, 0.1) is 5.92 Å². The quantitative estimate of drug-likeness (QED) is 0.897. The third-order valence-corrected chi connectivity index (χ3v) is 4.32. The van der Waals surface area contributed by atoms with Crippen LogP contribution in [-0.2, 0) is 0 Å². The van der Waals surface area contributed by atoms with Gasteiger partial charge < -0.3 is 15.6 Å². The van der Waals surface area contributed by atoms with E-state index in [9.17, 15) is 5.11 Å². The van der Waals surface area contributed by atoms with E-state index in [-0.39, 0.29) is 11.8 Å². The van der Waals surface area contributed by atoms with Gasteiger partial charge in [0.1, 0.15) is 0 Å². The maximum absolute atomic E-state index is 9.90. The molecule has 1 fully saturated rings. The van der Waals surface area contributed by atoms with E-state index in [1.165, 1.54) is 0 Å². The van der Waals surface area contributed by atoms with E-state index < -0.39 is 0 Å². The minimum absolute atomic E-state index is 0.181. The number of hydrogen-bond acceptors (Lipinski definition) is 4. The van der Waals surface area contributed by atoms with Crippen LogP contribution < -0.4 is 10.5 Å². The highest BCUT2D eigenvalue weighted by atomic mass is 79.9. The summed E-state index contributed by atoms with van der Waals surface area (Å²) in [5.41, 5.74) is 6.77. The van der Waals surface area contributed by atoms with Crippen LogP contribution in [0.4, 0.5) is 0 Å². The molecule has 0 amide bonds. The van der Waals surface area contributed by atoms with Crippen molar-refractivity contribution in [1.82, 2.24) is 4.90 Å². The number of phenols is 1. The van der Waals surface area contributed by atoms with Crippen molar-refractivity contribution in [3.63, 3.8) is 0 Å². The number of aromatic hydroxyl groups is 1. The summed E-state index contributed by atoms with van der Waals surface area (Å²) in [5, 5.41) is 9.90. The summed E-state index contributed by atoms with van der Waals surface area (Å²) in [6, 6.07) is 3.73. The minimum atomic E-state index is 0.181. The first-order valence-corrected chi connectivity index (χ1v) is 6.83. The SMILES string of the molecule is COc1c(O)ccc(Br)c1C1CC(CN)CN1C. The Kier molecular flexibility index (Phi) is 4.14. The van der Waals surface area contributed by atoms with E-state index in [4.69, 9.17) is 10.5 Å². The summed E-state index contributed by atoms with van der Waals surface area (Å²) in [6.07, 6.45) is 0.991. The number of phenolic OH excluding ortho intramolecular Hbond substituents is 1. The van der Waals surface area contributed by atoms with Gasteiger partial charge in [-0.25, -0.2) is 0 Å². The topological polar surface area (TPSA) is 58.7 Å². The van der Waals surface area contributed by atoms with Crippen molar-refractivity contribution in [3.8, 4) is 11.5 Å². The standard InChI is InChI=1S/C13H19BrN2O2/c1-16-7-8(6-15)5-10(16)12-9(14)3-4-11(17)13(12)18-2/h3-4,8,10,17H,5-7,15H2,1-2H3. The van der Waals surface area contributed by atoms with Crippen LogP contribution in [0.5, 0.6) is 11.5 Å². The summed E-state index contributed by atoms with van der Waals surface area (Å²) in [6.45, 7) is 1.67. The molecule has 0 aromatic heterocycles. The van der Waals surface area contributed by atoms with Crippen molar-refractivity contribution >= 4 is 15.9 Å². The highest BCUT2D eigenvalue weighted by Crippen LogP contribution is 2.45. The Labute approximate surface area is 116 Å². The Hall–Kier alpha value is -0.780. The molecule has 2 unspecified atom stereocenters. The highest BCUT2D eigenvalue weighted by Gasteiger charge is 2.33. The molecule has 5 heteroatoms. The van der Waals surface area contributed by atoms with Gasteiger partial charge in [-0.05, 0) is 38.1 Å². The first kappa shape index (κ1) is 13.6. The van der Waals surface area contributed by atoms with Crippen LogP contribution in [0.25, 0.3) is 0 Å². The van der Waals surface area contributed by atoms with Gasteiger partial charge in [-0.1, -0.05) is 15.9 Å². The van der Waals surface area contributed by atoms with Crippen LogP contribution in [-0.4, -0.2) is 37.3 Å². The molecule has 4 nitrogen and oxygen atoms in total. The second-order valence-electron chi connectivity index (χ2n) is 4.81. The van der Waals surface area contributed by atoms with E-state index in [0.717, 1.165) is 23.0 Å². The fourth-order valence-corrected chi connectivity index (χ4v) is 3.28. The van der Waals surface area contributed by atoms with Crippen molar-refractivity contribution in [2.24, 2.45) is 11.7 Å². The fraction of sp³-hybridized carbons (Fsp3) is 0.538. The first-order chi connectivity index (χ1) is 8.58. The normalized spacial score (nSPS) is 24.4. The van der Waals surface area contributed by atoms with Gasteiger partial charge in [-0.2, -0.15) is 0 Å². The van der Waals surface area contributed by atoms with Gasteiger partial charge in [0.05, 0.1) is 7.11 Å². The molecule has 1 aromatic carbocycles. The average molecular weight is 315 g/mol. The number of hydrogen-bond donors (Lipinski definition) is 2. The number of benzene rings is 1. The predicted octanol–water partition coefficient (Wildman–Crippen LogP) is 2.11. The zero-order chi connectivity index (χ0) is 13.3. The number of methoxy groups -OCH3 is 1. The van der Waals surface area contributed by atoms with Gasteiger partial charge in [-0.15, -0.1) is 0 Å². The van der Waals surface area contributed by atoms with E-state index in [1.807, 2.05) is 6.07 Å². The van der Waals surface area contributed by atoms with Crippen molar-refractivity contribution in [3.05, 3.63) is 22.2 Å². The fourth-order valence-electron chi connectivity index (χ4n) is 2.70. The summed E-state index contributed by atoms with van der Waals surface area (Å²) < 4.78 is 6.31. The molecule has 2 atom stereocenters. The second-order valence-corrected chi connectivity index (χ2v) is 5.66. The lowest BCUT2D eigenvalue weighted by molar-refractivity contribution is 0.297. The number of likely N-dealkylation sites (tertiary alicyclic amines) is 1. The smallest absolute Gasteiger partial charge is 0.166 e. The van der Waals surface area contributed by atoms with Gasteiger partial charge in [0.15, 0.2) is 11.5 Å². The lowest BCUT2D eigenvalue weighted by Gasteiger charge is -2.23. The largest absolute Gasteiger partial charge is 0.504 e. The maximum atomic E-state index is 9.90. The van der Waals surface area contributed by atoms with Crippen molar-refractivity contribution < 1.29 is 9.84 Å². The summed E-state index contributed by atoms with van der Waals surface area (Å²) in [5.74, 6) is 1.23. The summed E-state index contributed by atoms with van der Waals surface area (Å²) >= 11 is 3.55. The maximum Gasteiger partial charge on any atom is 0.166 e. The van der Waals surface area contributed by atoms with E-state index in [2.05, 4.69) is 27.9 Å². The molecule has 100 valence electrons. The van der Waals surface area contributed by atoms with E-state index in [0.29, 0.717) is 18.2 Å². The Morgan fingerprint density at radius 3 is 2.83 bits per heavy atom. The summed E-state index contributed by atoms with van der Waals surface area (Å²) in [7, 11) is 3.66. The number of nitrogens with two attached hydrogens (primary N) is 1. The monoisotopic (exact) mass is 314 g/mol. The Morgan fingerprint density at radius 1 is 1.56 bits per heavy atom. The number of halogens is 1. The van der Waals surface area contributed by atoms with Crippen LogP contribution in [0.2, 0.25) is 0 Å². The van der Waals surface area contributed by atoms with Gasteiger partial charge >= 0.3 is 0 Å². The van der Waals surface area contributed by atoms with Gasteiger partial charge in [0.25, 0.3) is 0 Å². The Balaban J connectivity index is 2.41. The van der Waals surface area contributed by atoms with Gasteiger partial charge in [0, 0.05) is 22.6 Å². The number of nitrogens with zero attached hydrogens (tertiary/aromatic N) is 1. The van der Waals surface area contributed by atoms with Gasteiger partial charge in [0.2, 0.25) is 0 Å². The molecule has 2 rings (SSSR count). The first-order valence-electron chi connectivity index (χ1n) is 6.04. The van der Waals surface area contributed by atoms with Crippen LogP contribution >= 0.6 is 15.9 Å². The molecule has 3 N–H and O–H groups in total. The van der Waals surface area contributed by atoms with E-state index in [1.54, 1.807) is 13.2 Å². The molecule has 0 radical (unpaired) electrons. The lowest BCUT2D eigenvalue weighted by Crippen LogP contribution is -2.21. The molecule has 0 spiro atoms. The predicted molar refractivity (Wildman–Crippen MR) is 74.9 cm³/mol. The van der Waals surface area contributed by atoms with Crippen molar-refractivity contribution in [2.75, 3.05) is 27.2 Å². The lowest BCUT2D eigenvalue weighted by atomic mass is 9.99. The molecule has 1 aliphatic rings. The molecule has 1 saturated heterocycles. The molecule has 0 aliphatic carbocycles. The zero-order valence-electron chi connectivity index (χ0n) is 10.7. The molecule has 0 bridgehead atoms. The zero-order valence-corrected chi connectivity index (χ0v) is 12.3. The third-order valence-electron chi connectivity index (χ3n) is 3.63. The molecule has 18 heavy (non-hydrogen) atoms. The average Bonchev–Trinajstić information content (AvgIpc) is 2.73. The van der Waals surface area contributed by atoms with Crippen molar-refractivity contribution in [2.45, 2.75) is 12.5 Å². The Bertz CT molecular complexity index is 439.